The van der Waals surface area contributed by atoms with Crippen LogP contribution < -0.4 is 5.73 Å². The van der Waals surface area contributed by atoms with Crippen LogP contribution in [0.25, 0.3) is 0 Å². The molecule has 1 aliphatic rings. The number of rotatable bonds is 4. The average Bonchev–Trinajstić information content (AvgIpc) is 2.46. The van der Waals surface area contributed by atoms with E-state index in [1.807, 2.05) is 0 Å². The van der Waals surface area contributed by atoms with Crippen molar-refractivity contribution in [2.75, 3.05) is 7.05 Å². The van der Waals surface area contributed by atoms with Crippen LogP contribution in [0.15, 0.2) is 23.4 Å². The van der Waals surface area contributed by atoms with E-state index in [1.54, 1.807) is 6.07 Å². The number of nitrogens with zero attached hydrogens (tertiary/aromatic N) is 2. The Morgan fingerprint density at radius 1 is 1.38 bits per heavy atom. The summed E-state index contributed by atoms with van der Waals surface area (Å²) in [5.74, 6) is 0.240. The minimum Gasteiger partial charge on any atom is -0.409 e. The first kappa shape index (κ1) is 15.8. The zero-order valence-electron chi connectivity index (χ0n) is 12.7. The molecule has 2 unspecified atom stereocenters. The van der Waals surface area contributed by atoms with Crippen LogP contribution in [0.4, 0.5) is 4.39 Å². The minimum atomic E-state index is -0.362. The molecule has 5 heteroatoms. The van der Waals surface area contributed by atoms with Crippen molar-refractivity contribution < 1.29 is 9.60 Å². The van der Waals surface area contributed by atoms with Gasteiger partial charge in [0.25, 0.3) is 0 Å². The smallest absolute Gasteiger partial charge is 0.170 e. The van der Waals surface area contributed by atoms with Crippen LogP contribution in [0.2, 0.25) is 0 Å². The molecule has 0 aromatic heterocycles. The monoisotopic (exact) mass is 293 g/mol. The van der Waals surface area contributed by atoms with E-state index in [0.29, 0.717) is 24.1 Å². The van der Waals surface area contributed by atoms with Gasteiger partial charge in [-0.3, -0.25) is 4.90 Å². The standard InChI is InChI=1S/C16H24FN3O/c1-11-5-3-4-6-15(11)20(2)10-12-7-13(16(18)19-21)9-14(17)8-12/h7-9,11,15,21H,3-6,10H2,1-2H3,(H2,18,19). The normalized spacial score (nSPS) is 23.5. The van der Waals surface area contributed by atoms with Gasteiger partial charge in [-0.05, 0) is 49.6 Å². The highest BCUT2D eigenvalue weighted by atomic mass is 19.1. The van der Waals surface area contributed by atoms with Crippen LogP contribution >= 0.6 is 0 Å². The number of oxime groups is 1. The van der Waals surface area contributed by atoms with Gasteiger partial charge in [-0.25, -0.2) is 4.39 Å². The fourth-order valence-corrected chi connectivity index (χ4v) is 3.30. The van der Waals surface area contributed by atoms with E-state index in [9.17, 15) is 4.39 Å². The van der Waals surface area contributed by atoms with Gasteiger partial charge in [0.05, 0.1) is 0 Å². The van der Waals surface area contributed by atoms with E-state index in [-0.39, 0.29) is 11.7 Å². The summed E-state index contributed by atoms with van der Waals surface area (Å²) in [5.41, 5.74) is 6.81. The second-order valence-electron chi connectivity index (χ2n) is 6.08. The zero-order chi connectivity index (χ0) is 15.4. The Hall–Kier alpha value is -1.62. The molecule has 2 rings (SSSR count). The van der Waals surface area contributed by atoms with Crippen molar-refractivity contribution in [2.24, 2.45) is 16.8 Å². The lowest BCUT2D eigenvalue weighted by Crippen LogP contribution is -2.38. The summed E-state index contributed by atoms with van der Waals surface area (Å²) in [6, 6.07) is 5.11. The Balaban J connectivity index is 2.13. The SMILES string of the molecule is CC1CCCCC1N(C)Cc1cc(F)cc(/C(N)=N/O)c1. The van der Waals surface area contributed by atoms with Crippen molar-refractivity contribution in [1.29, 1.82) is 0 Å². The Bertz CT molecular complexity index is 518. The Morgan fingerprint density at radius 2 is 2.10 bits per heavy atom. The molecule has 0 aliphatic heterocycles. The van der Waals surface area contributed by atoms with Crippen molar-refractivity contribution in [2.45, 2.75) is 45.2 Å². The van der Waals surface area contributed by atoms with Gasteiger partial charge in [0.15, 0.2) is 5.84 Å². The summed E-state index contributed by atoms with van der Waals surface area (Å²) >= 11 is 0. The van der Waals surface area contributed by atoms with E-state index in [0.717, 1.165) is 5.56 Å². The van der Waals surface area contributed by atoms with Gasteiger partial charge >= 0.3 is 0 Å². The second-order valence-corrected chi connectivity index (χ2v) is 6.08. The highest BCUT2D eigenvalue weighted by molar-refractivity contribution is 5.97. The van der Waals surface area contributed by atoms with E-state index in [1.165, 1.54) is 37.8 Å². The Morgan fingerprint density at radius 3 is 2.76 bits per heavy atom. The molecular formula is C16H24FN3O. The number of amidine groups is 1. The number of halogens is 1. The van der Waals surface area contributed by atoms with Gasteiger partial charge in [-0.1, -0.05) is 24.9 Å². The van der Waals surface area contributed by atoms with Crippen LogP contribution in [0.5, 0.6) is 0 Å². The Kier molecular flexibility index (Phi) is 5.17. The molecule has 1 aromatic carbocycles. The van der Waals surface area contributed by atoms with Crippen molar-refractivity contribution >= 4 is 5.84 Å². The van der Waals surface area contributed by atoms with Crippen molar-refractivity contribution in [3.8, 4) is 0 Å². The first-order chi connectivity index (χ1) is 10.0. The lowest BCUT2D eigenvalue weighted by molar-refractivity contribution is 0.133. The molecule has 116 valence electrons. The lowest BCUT2D eigenvalue weighted by atomic mass is 9.85. The highest BCUT2D eigenvalue weighted by Crippen LogP contribution is 2.28. The van der Waals surface area contributed by atoms with Crippen molar-refractivity contribution in [1.82, 2.24) is 4.90 Å². The molecule has 0 spiro atoms. The summed E-state index contributed by atoms with van der Waals surface area (Å²) < 4.78 is 13.7. The van der Waals surface area contributed by atoms with Crippen molar-refractivity contribution in [3.63, 3.8) is 0 Å². The van der Waals surface area contributed by atoms with Crippen LogP contribution in [0.3, 0.4) is 0 Å². The van der Waals surface area contributed by atoms with E-state index in [2.05, 4.69) is 24.0 Å². The van der Waals surface area contributed by atoms with Gasteiger partial charge in [-0.15, -0.1) is 0 Å². The Labute approximate surface area is 125 Å². The third kappa shape index (κ3) is 3.94. The topological polar surface area (TPSA) is 61.8 Å². The molecule has 1 fully saturated rings. The summed E-state index contributed by atoms with van der Waals surface area (Å²) in [6.45, 7) is 2.95. The van der Waals surface area contributed by atoms with E-state index < -0.39 is 0 Å². The number of benzene rings is 1. The fourth-order valence-electron chi connectivity index (χ4n) is 3.30. The molecule has 0 bridgehead atoms. The third-order valence-corrected chi connectivity index (χ3v) is 4.43. The van der Waals surface area contributed by atoms with Crippen molar-refractivity contribution in [3.05, 3.63) is 35.1 Å². The summed E-state index contributed by atoms with van der Waals surface area (Å²) in [4.78, 5) is 2.29. The molecule has 1 aliphatic carbocycles. The van der Waals surface area contributed by atoms with Crippen LogP contribution in [-0.2, 0) is 6.54 Å². The molecule has 2 atom stereocenters. The summed E-state index contributed by atoms with van der Waals surface area (Å²) in [7, 11) is 2.08. The van der Waals surface area contributed by atoms with Crippen LogP contribution in [0, 0.1) is 11.7 Å². The molecule has 0 heterocycles. The molecule has 0 saturated heterocycles. The molecule has 4 nitrogen and oxygen atoms in total. The van der Waals surface area contributed by atoms with Gasteiger partial charge < -0.3 is 10.9 Å². The maximum Gasteiger partial charge on any atom is 0.170 e. The van der Waals surface area contributed by atoms with Gasteiger partial charge in [0, 0.05) is 18.2 Å². The molecule has 3 N–H and O–H groups in total. The van der Waals surface area contributed by atoms with E-state index in [4.69, 9.17) is 10.9 Å². The predicted octanol–water partition coefficient (Wildman–Crippen LogP) is 2.93. The van der Waals surface area contributed by atoms with Crippen LogP contribution in [-0.4, -0.2) is 29.0 Å². The first-order valence-corrected chi connectivity index (χ1v) is 7.49. The lowest BCUT2D eigenvalue weighted by Gasteiger charge is -2.36. The molecule has 0 amide bonds. The molecule has 21 heavy (non-hydrogen) atoms. The number of hydrogen-bond donors (Lipinski definition) is 2. The molecule has 1 aromatic rings. The predicted molar refractivity (Wildman–Crippen MR) is 81.8 cm³/mol. The van der Waals surface area contributed by atoms with Gasteiger partial charge in [0.2, 0.25) is 0 Å². The van der Waals surface area contributed by atoms with E-state index >= 15 is 0 Å². The molecule has 1 saturated carbocycles. The second kappa shape index (κ2) is 6.89. The minimum absolute atomic E-state index is 0.0653. The largest absolute Gasteiger partial charge is 0.409 e. The number of hydrogen-bond acceptors (Lipinski definition) is 3. The summed E-state index contributed by atoms with van der Waals surface area (Å²) in [6.07, 6.45) is 5.02. The number of nitrogens with two attached hydrogens (primary N) is 1. The molecular weight excluding hydrogens is 269 g/mol. The maximum atomic E-state index is 13.7. The highest BCUT2D eigenvalue weighted by Gasteiger charge is 2.25. The first-order valence-electron chi connectivity index (χ1n) is 7.49. The third-order valence-electron chi connectivity index (χ3n) is 4.43. The zero-order valence-corrected chi connectivity index (χ0v) is 12.7. The van der Waals surface area contributed by atoms with Crippen LogP contribution in [0.1, 0.15) is 43.7 Å². The van der Waals surface area contributed by atoms with Gasteiger partial charge in [0.1, 0.15) is 5.82 Å². The summed E-state index contributed by atoms with van der Waals surface area (Å²) in [5, 5.41) is 11.7. The quantitative estimate of drug-likeness (QED) is 0.388. The maximum absolute atomic E-state index is 13.7. The fraction of sp³-hybridized carbons (Fsp3) is 0.562. The molecule has 0 radical (unpaired) electrons. The average molecular weight is 293 g/mol. The van der Waals surface area contributed by atoms with Gasteiger partial charge in [-0.2, -0.15) is 0 Å².